The summed E-state index contributed by atoms with van der Waals surface area (Å²) in [5, 5.41) is 4.13. The lowest BCUT2D eigenvalue weighted by Crippen LogP contribution is -2.22. The van der Waals surface area contributed by atoms with Crippen molar-refractivity contribution in [3.8, 4) is 5.75 Å². The van der Waals surface area contributed by atoms with Crippen LogP contribution >= 0.6 is 11.8 Å². The van der Waals surface area contributed by atoms with E-state index in [1.807, 2.05) is 54.7 Å². The van der Waals surface area contributed by atoms with Gasteiger partial charge >= 0.3 is 0 Å². The number of oxime groups is 1. The molecule has 0 unspecified atom stereocenters. The van der Waals surface area contributed by atoms with E-state index in [0.717, 1.165) is 47.3 Å². The Morgan fingerprint density at radius 1 is 1.19 bits per heavy atom. The molecule has 1 aliphatic rings. The molecule has 0 radical (unpaired) electrons. The highest BCUT2D eigenvalue weighted by atomic mass is 32.2. The monoisotopic (exact) mass is 384 g/mol. The molecule has 0 saturated carbocycles. The third-order valence-electron chi connectivity index (χ3n) is 4.43. The molecule has 0 N–H and O–H groups in total. The second-order valence-electron chi connectivity index (χ2n) is 6.44. The third-order valence-corrected chi connectivity index (χ3v) is 5.43. The largest absolute Gasteiger partial charge is 0.381 e. The smallest absolute Gasteiger partial charge is 0.223 e. The van der Waals surface area contributed by atoms with Crippen LogP contribution in [-0.2, 0) is 9.53 Å². The van der Waals surface area contributed by atoms with Crippen LogP contribution in [0.25, 0.3) is 0 Å². The van der Waals surface area contributed by atoms with Gasteiger partial charge in [-0.05, 0) is 55.3 Å². The molecule has 0 atom stereocenters. The molecule has 142 valence electrons. The normalized spacial score (nSPS) is 15.0. The molecular formula is C21H24N2O3S. The molecule has 1 fully saturated rings. The Kier molecular flexibility index (Phi) is 6.90. The summed E-state index contributed by atoms with van der Waals surface area (Å²) in [4.78, 5) is 20.8. The summed E-state index contributed by atoms with van der Waals surface area (Å²) in [5.41, 5.74) is 0.881. The van der Waals surface area contributed by atoms with Crippen molar-refractivity contribution in [2.75, 3.05) is 25.2 Å². The lowest BCUT2D eigenvalue weighted by Gasteiger charge is -2.17. The SMILES string of the molecule is CC(=O)N(C)c1ccc(Sc2cccc(O/N=C\C3CCOCC3)c2)cc1. The summed E-state index contributed by atoms with van der Waals surface area (Å²) in [6.07, 6.45) is 3.88. The Morgan fingerprint density at radius 3 is 2.63 bits per heavy atom. The fourth-order valence-electron chi connectivity index (χ4n) is 2.69. The van der Waals surface area contributed by atoms with E-state index in [0.29, 0.717) is 5.92 Å². The van der Waals surface area contributed by atoms with Gasteiger partial charge < -0.3 is 14.5 Å². The van der Waals surface area contributed by atoms with Crippen molar-refractivity contribution in [3.63, 3.8) is 0 Å². The number of rotatable bonds is 6. The van der Waals surface area contributed by atoms with Crippen LogP contribution in [0.5, 0.6) is 5.75 Å². The first-order valence-corrected chi connectivity index (χ1v) is 9.84. The highest BCUT2D eigenvalue weighted by Gasteiger charge is 2.11. The van der Waals surface area contributed by atoms with E-state index in [1.165, 1.54) is 0 Å². The van der Waals surface area contributed by atoms with Crippen LogP contribution in [0.4, 0.5) is 5.69 Å². The quantitative estimate of drug-likeness (QED) is 0.539. The topological polar surface area (TPSA) is 51.1 Å². The number of carbonyl (C=O) groups is 1. The molecule has 1 aliphatic heterocycles. The van der Waals surface area contributed by atoms with Crippen molar-refractivity contribution in [1.29, 1.82) is 0 Å². The van der Waals surface area contributed by atoms with Crippen molar-refractivity contribution < 1.29 is 14.4 Å². The zero-order valence-corrected chi connectivity index (χ0v) is 16.4. The van der Waals surface area contributed by atoms with Crippen LogP contribution in [0.3, 0.4) is 0 Å². The van der Waals surface area contributed by atoms with Gasteiger partial charge in [0.15, 0.2) is 5.75 Å². The molecule has 1 amide bonds. The maximum atomic E-state index is 11.4. The van der Waals surface area contributed by atoms with Crippen LogP contribution in [0.2, 0.25) is 0 Å². The van der Waals surface area contributed by atoms with Crippen LogP contribution in [0.1, 0.15) is 19.8 Å². The van der Waals surface area contributed by atoms with Gasteiger partial charge in [-0.15, -0.1) is 0 Å². The minimum Gasteiger partial charge on any atom is -0.381 e. The molecule has 27 heavy (non-hydrogen) atoms. The first kappa shape index (κ1) is 19.5. The van der Waals surface area contributed by atoms with Crippen molar-refractivity contribution in [3.05, 3.63) is 48.5 Å². The minimum absolute atomic E-state index is 0.0153. The fraction of sp³-hybridized carbons (Fsp3) is 0.333. The van der Waals surface area contributed by atoms with Gasteiger partial charge in [0.1, 0.15) is 0 Å². The predicted octanol–water partition coefficient (Wildman–Crippen LogP) is 4.61. The van der Waals surface area contributed by atoms with Crippen molar-refractivity contribution in [2.24, 2.45) is 11.1 Å². The molecule has 1 saturated heterocycles. The molecule has 5 nitrogen and oxygen atoms in total. The molecule has 3 rings (SSSR count). The third kappa shape index (κ3) is 5.84. The first-order chi connectivity index (χ1) is 13.1. The molecule has 6 heteroatoms. The second-order valence-corrected chi connectivity index (χ2v) is 7.59. The molecule has 0 aliphatic carbocycles. The minimum atomic E-state index is 0.0153. The Morgan fingerprint density at radius 2 is 1.93 bits per heavy atom. The maximum absolute atomic E-state index is 11.4. The predicted molar refractivity (Wildman–Crippen MR) is 109 cm³/mol. The van der Waals surface area contributed by atoms with Crippen molar-refractivity contribution >= 4 is 29.6 Å². The summed E-state index contributed by atoms with van der Waals surface area (Å²) in [6.45, 7) is 3.15. The van der Waals surface area contributed by atoms with E-state index in [-0.39, 0.29) is 5.91 Å². The van der Waals surface area contributed by atoms with Crippen LogP contribution < -0.4 is 9.74 Å². The standard InChI is InChI=1S/C21H24N2O3S/c1-16(24)23(2)18-6-8-20(9-7-18)27-21-5-3-4-19(14-21)26-22-15-17-10-12-25-13-11-17/h3-9,14-15,17H,10-13H2,1-2H3/b22-15-. The zero-order valence-electron chi connectivity index (χ0n) is 15.6. The number of nitrogens with zero attached hydrogens (tertiary/aromatic N) is 2. The zero-order chi connectivity index (χ0) is 19.1. The van der Waals surface area contributed by atoms with Crippen LogP contribution in [0, 0.1) is 5.92 Å². The Bertz CT molecular complexity index is 786. The Balaban J connectivity index is 1.58. The summed E-state index contributed by atoms with van der Waals surface area (Å²) in [7, 11) is 1.77. The summed E-state index contributed by atoms with van der Waals surface area (Å²) >= 11 is 1.64. The number of carbonyl (C=O) groups excluding carboxylic acids is 1. The van der Waals surface area contributed by atoms with Gasteiger partial charge in [0.2, 0.25) is 5.91 Å². The molecule has 0 bridgehead atoms. The molecule has 0 aromatic heterocycles. The summed E-state index contributed by atoms with van der Waals surface area (Å²) in [6, 6.07) is 15.8. The van der Waals surface area contributed by atoms with E-state index in [4.69, 9.17) is 9.57 Å². The number of ether oxygens (including phenoxy) is 1. The lowest BCUT2D eigenvalue weighted by molar-refractivity contribution is -0.116. The first-order valence-electron chi connectivity index (χ1n) is 9.02. The Labute approximate surface area is 164 Å². The van der Waals surface area contributed by atoms with E-state index in [2.05, 4.69) is 5.16 Å². The molecule has 0 spiro atoms. The van der Waals surface area contributed by atoms with E-state index in [9.17, 15) is 4.79 Å². The van der Waals surface area contributed by atoms with Crippen molar-refractivity contribution in [2.45, 2.75) is 29.6 Å². The lowest BCUT2D eigenvalue weighted by atomic mass is 10.0. The van der Waals surface area contributed by atoms with E-state index >= 15 is 0 Å². The van der Waals surface area contributed by atoms with Crippen LogP contribution in [0.15, 0.2) is 63.5 Å². The number of amides is 1. The summed E-state index contributed by atoms with van der Waals surface area (Å²) in [5.74, 6) is 1.17. The van der Waals surface area contributed by atoms with E-state index < -0.39 is 0 Å². The van der Waals surface area contributed by atoms with Gasteiger partial charge in [-0.2, -0.15) is 0 Å². The average molecular weight is 385 g/mol. The van der Waals surface area contributed by atoms with Gasteiger partial charge in [-0.3, -0.25) is 4.79 Å². The van der Waals surface area contributed by atoms with E-state index in [1.54, 1.807) is 30.6 Å². The average Bonchev–Trinajstić information content (AvgIpc) is 2.69. The van der Waals surface area contributed by atoms with Gasteiger partial charge in [-0.1, -0.05) is 23.0 Å². The fourth-order valence-corrected chi connectivity index (χ4v) is 3.56. The maximum Gasteiger partial charge on any atom is 0.223 e. The molecule has 2 aromatic carbocycles. The number of anilines is 1. The van der Waals surface area contributed by atoms with Gasteiger partial charge in [-0.25, -0.2) is 0 Å². The highest BCUT2D eigenvalue weighted by Crippen LogP contribution is 2.31. The van der Waals surface area contributed by atoms with Crippen molar-refractivity contribution in [1.82, 2.24) is 0 Å². The highest BCUT2D eigenvalue weighted by molar-refractivity contribution is 7.99. The molecular weight excluding hydrogens is 360 g/mol. The number of hydrogen-bond donors (Lipinski definition) is 0. The number of benzene rings is 2. The Hall–Kier alpha value is -2.31. The van der Waals surface area contributed by atoms with Gasteiger partial charge in [0, 0.05) is 54.8 Å². The molecule has 1 heterocycles. The molecule has 2 aromatic rings. The second kappa shape index (κ2) is 9.58. The van der Waals surface area contributed by atoms with Gasteiger partial charge in [0.25, 0.3) is 0 Å². The number of hydrogen-bond acceptors (Lipinski definition) is 5. The van der Waals surface area contributed by atoms with Gasteiger partial charge in [0.05, 0.1) is 0 Å². The van der Waals surface area contributed by atoms with Crippen LogP contribution in [-0.4, -0.2) is 32.4 Å². The summed E-state index contributed by atoms with van der Waals surface area (Å²) < 4.78 is 5.34.